The Hall–Kier alpha value is -4.75. The number of carbonyl (C=O) groups excluding carboxylic acids is 5. The molecule has 2 N–H and O–H groups in total. The fourth-order valence-corrected chi connectivity index (χ4v) is 4.76. The Morgan fingerprint density at radius 3 is 2.40 bits per heavy atom. The molecule has 224 valence electrons. The van der Waals surface area contributed by atoms with Crippen LogP contribution in [0.15, 0.2) is 30.3 Å². The van der Waals surface area contributed by atoms with Crippen LogP contribution in [0.2, 0.25) is 0 Å². The van der Waals surface area contributed by atoms with Crippen LogP contribution in [0.25, 0.3) is 10.9 Å². The van der Waals surface area contributed by atoms with E-state index in [1.54, 1.807) is 31.2 Å². The number of fused-ring (bicyclic) bond motifs is 1. The minimum Gasteiger partial charge on any atom is -0.483 e. The number of aliphatic carboxylic acids is 1. The average molecular weight is 584 g/mol. The number of carbonyl (C=O) groups is 6. The molecule has 1 atom stereocenters. The van der Waals surface area contributed by atoms with Crippen LogP contribution < -0.4 is 10.1 Å². The number of carboxylic acid groups (broad SMARTS) is 1. The number of nitrogens with zero attached hydrogens (tertiary/aromatic N) is 4. The van der Waals surface area contributed by atoms with Crippen molar-refractivity contribution in [3.05, 3.63) is 36.0 Å². The van der Waals surface area contributed by atoms with Crippen LogP contribution in [0.3, 0.4) is 0 Å². The summed E-state index contributed by atoms with van der Waals surface area (Å²) in [5, 5.41) is 12.4. The van der Waals surface area contributed by atoms with Crippen molar-refractivity contribution >= 4 is 46.5 Å². The second-order valence-corrected chi connectivity index (χ2v) is 9.89. The fourth-order valence-electron chi connectivity index (χ4n) is 4.76. The molecule has 1 aromatic heterocycles. The number of ketones is 1. The van der Waals surface area contributed by atoms with E-state index in [0.717, 1.165) is 0 Å². The standard InChI is InChI=1S/C28H33N5O9/c1-2-41-28(40)32-13-11-31(12-14-32)27(39)21(7-8-25(36)37)30-26(38)22-15-23(19-5-3-4-6-20(19)29-22)42-17-24(35)33-10-9-18(34)16-33/h3-6,15,21H,2,7-14,16-17H2,1H3,(H,30,38)(H,36,37). The van der Waals surface area contributed by atoms with Gasteiger partial charge in [-0.15, -0.1) is 0 Å². The first-order valence-corrected chi connectivity index (χ1v) is 13.7. The maximum atomic E-state index is 13.4. The summed E-state index contributed by atoms with van der Waals surface area (Å²) in [5.74, 6) is -2.50. The Labute approximate surface area is 241 Å². The molecule has 0 bridgehead atoms. The molecule has 1 aromatic carbocycles. The van der Waals surface area contributed by atoms with Gasteiger partial charge in [0.2, 0.25) is 5.91 Å². The first kappa shape index (κ1) is 30.2. The molecule has 2 aliphatic heterocycles. The van der Waals surface area contributed by atoms with E-state index < -0.39 is 29.9 Å². The number of carboxylic acids is 1. The van der Waals surface area contributed by atoms with Gasteiger partial charge in [0.15, 0.2) is 12.4 Å². The summed E-state index contributed by atoms with van der Waals surface area (Å²) >= 11 is 0. The summed E-state index contributed by atoms with van der Waals surface area (Å²) < 4.78 is 10.8. The zero-order valence-corrected chi connectivity index (χ0v) is 23.2. The number of amides is 4. The summed E-state index contributed by atoms with van der Waals surface area (Å²) in [6, 6.07) is 7.05. The first-order chi connectivity index (χ1) is 20.2. The molecule has 0 saturated carbocycles. The molecular weight excluding hydrogens is 550 g/mol. The van der Waals surface area contributed by atoms with Crippen molar-refractivity contribution in [2.75, 3.05) is 52.5 Å². The predicted molar refractivity (Wildman–Crippen MR) is 147 cm³/mol. The molecule has 4 amide bonds. The Kier molecular flexibility index (Phi) is 9.89. The Bertz CT molecular complexity index is 1370. The molecule has 2 saturated heterocycles. The average Bonchev–Trinajstić information content (AvgIpc) is 3.43. The number of hydrogen-bond acceptors (Lipinski definition) is 9. The van der Waals surface area contributed by atoms with Crippen molar-refractivity contribution in [1.82, 2.24) is 25.0 Å². The van der Waals surface area contributed by atoms with Crippen molar-refractivity contribution in [3.8, 4) is 5.75 Å². The largest absolute Gasteiger partial charge is 0.483 e. The number of hydrogen-bond donors (Lipinski definition) is 2. The molecule has 3 heterocycles. The number of nitrogens with one attached hydrogen (secondary N) is 1. The molecule has 4 rings (SSSR count). The monoisotopic (exact) mass is 583 g/mol. The molecule has 14 heteroatoms. The van der Waals surface area contributed by atoms with Crippen LogP contribution >= 0.6 is 0 Å². The van der Waals surface area contributed by atoms with E-state index in [-0.39, 0.29) is 81.9 Å². The maximum Gasteiger partial charge on any atom is 0.409 e. The molecule has 0 aliphatic carbocycles. The maximum absolute atomic E-state index is 13.4. The zero-order chi connectivity index (χ0) is 30.2. The molecule has 2 fully saturated rings. The van der Waals surface area contributed by atoms with Gasteiger partial charge in [0.25, 0.3) is 11.8 Å². The van der Waals surface area contributed by atoms with Gasteiger partial charge in [0.05, 0.1) is 18.7 Å². The van der Waals surface area contributed by atoms with Gasteiger partial charge in [0, 0.05) is 57.0 Å². The van der Waals surface area contributed by atoms with E-state index in [2.05, 4.69) is 10.3 Å². The molecular formula is C28H33N5O9. The number of aromatic nitrogens is 1. The van der Waals surface area contributed by atoms with E-state index in [1.165, 1.54) is 20.8 Å². The van der Waals surface area contributed by atoms with E-state index in [9.17, 15) is 33.9 Å². The van der Waals surface area contributed by atoms with E-state index in [0.29, 0.717) is 23.9 Å². The Balaban J connectivity index is 1.48. The topological polar surface area (TPSA) is 176 Å². The molecule has 1 unspecified atom stereocenters. The molecule has 42 heavy (non-hydrogen) atoms. The third kappa shape index (κ3) is 7.50. The first-order valence-electron chi connectivity index (χ1n) is 13.7. The minimum absolute atomic E-state index is 0.0236. The van der Waals surface area contributed by atoms with E-state index >= 15 is 0 Å². The van der Waals surface area contributed by atoms with Gasteiger partial charge >= 0.3 is 12.1 Å². The number of pyridine rings is 1. The van der Waals surface area contributed by atoms with Gasteiger partial charge in [-0.1, -0.05) is 12.1 Å². The van der Waals surface area contributed by atoms with Crippen molar-refractivity contribution < 1.29 is 43.3 Å². The smallest absolute Gasteiger partial charge is 0.409 e. The second kappa shape index (κ2) is 13.7. The number of likely N-dealkylation sites (tertiary alicyclic amines) is 1. The molecule has 2 aliphatic rings. The highest BCUT2D eigenvalue weighted by Crippen LogP contribution is 2.26. The molecule has 2 aromatic rings. The van der Waals surface area contributed by atoms with Crippen LogP contribution in [0.4, 0.5) is 4.79 Å². The van der Waals surface area contributed by atoms with Crippen LogP contribution in [-0.2, 0) is 23.9 Å². The molecule has 0 spiro atoms. The summed E-state index contributed by atoms with van der Waals surface area (Å²) in [4.78, 5) is 82.8. The van der Waals surface area contributed by atoms with Gasteiger partial charge in [-0.2, -0.15) is 0 Å². The SMILES string of the molecule is CCOC(=O)N1CCN(C(=O)C(CCC(=O)O)NC(=O)c2cc(OCC(=O)N3CCC(=O)C3)c3ccccc3n2)CC1. The van der Waals surface area contributed by atoms with Crippen LogP contribution in [-0.4, -0.2) is 119 Å². The van der Waals surface area contributed by atoms with Gasteiger partial charge in [-0.05, 0) is 25.5 Å². The number of Topliss-reactive ketones (excluding diaryl/α,β-unsaturated/α-hetero) is 1. The van der Waals surface area contributed by atoms with Gasteiger partial charge in [-0.25, -0.2) is 9.78 Å². The zero-order valence-electron chi connectivity index (χ0n) is 23.2. The second-order valence-electron chi connectivity index (χ2n) is 9.89. The lowest BCUT2D eigenvalue weighted by Crippen LogP contribution is -2.56. The number of benzene rings is 1. The molecule has 14 nitrogen and oxygen atoms in total. The summed E-state index contributed by atoms with van der Waals surface area (Å²) in [5.41, 5.74) is 0.320. The van der Waals surface area contributed by atoms with Crippen LogP contribution in [0.1, 0.15) is 36.7 Å². The summed E-state index contributed by atoms with van der Waals surface area (Å²) in [6.45, 7) is 2.81. The van der Waals surface area contributed by atoms with Crippen LogP contribution in [0, 0.1) is 0 Å². The lowest BCUT2D eigenvalue weighted by molar-refractivity contribution is -0.138. The van der Waals surface area contributed by atoms with Gasteiger partial charge in [0.1, 0.15) is 17.5 Å². The van der Waals surface area contributed by atoms with Crippen molar-refractivity contribution in [3.63, 3.8) is 0 Å². The van der Waals surface area contributed by atoms with Gasteiger partial charge in [-0.3, -0.25) is 24.0 Å². The molecule has 0 radical (unpaired) electrons. The van der Waals surface area contributed by atoms with Gasteiger partial charge < -0.3 is 34.6 Å². The predicted octanol–water partition coefficient (Wildman–Crippen LogP) is 0.679. The van der Waals surface area contributed by atoms with Crippen molar-refractivity contribution in [1.29, 1.82) is 0 Å². The lowest BCUT2D eigenvalue weighted by atomic mass is 10.1. The van der Waals surface area contributed by atoms with E-state index in [4.69, 9.17) is 9.47 Å². The van der Waals surface area contributed by atoms with Crippen molar-refractivity contribution in [2.24, 2.45) is 0 Å². The van der Waals surface area contributed by atoms with Crippen molar-refractivity contribution in [2.45, 2.75) is 32.2 Å². The number of para-hydroxylation sites is 1. The highest BCUT2D eigenvalue weighted by Gasteiger charge is 2.31. The number of rotatable bonds is 10. The third-order valence-electron chi connectivity index (χ3n) is 7.01. The van der Waals surface area contributed by atoms with E-state index in [1.807, 2.05) is 0 Å². The minimum atomic E-state index is -1.16. The third-order valence-corrected chi connectivity index (χ3v) is 7.01. The fraction of sp³-hybridized carbons (Fsp3) is 0.464. The number of piperazine rings is 1. The highest BCUT2D eigenvalue weighted by molar-refractivity contribution is 5.99. The highest BCUT2D eigenvalue weighted by atomic mass is 16.6. The normalized spacial score (nSPS) is 15.8. The summed E-state index contributed by atoms with van der Waals surface area (Å²) in [7, 11) is 0. The Morgan fingerprint density at radius 2 is 1.74 bits per heavy atom. The quantitative estimate of drug-likeness (QED) is 0.404. The number of ether oxygens (including phenoxy) is 2. The van der Waals surface area contributed by atoms with Crippen LogP contribution in [0.5, 0.6) is 5.75 Å². The lowest BCUT2D eigenvalue weighted by Gasteiger charge is -2.35. The Morgan fingerprint density at radius 1 is 1.02 bits per heavy atom. The summed E-state index contributed by atoms with van der Waals surface area (Å²) in [6.07, 6.45) is -0.689.